The van der Waals surface area contributed by atoms with Crippen LogP contribution in [0, 0.1) is 0 Å². The molecule has 0 aliphatic rings. The number of aliphatic carboxylic acids is 1. The largest absolute Gasteiger partial charge is 0.481 e. The summed E-state index contributed by atoms with van der Waals surface area (Å²) >= 11 is 6.00. The van der Waals surface area contributed by atoms with E-state index in [1.54, 1.807) is 0 Å². The van der Waals surface area contributed by atoms with Gasteiger partial charge in [0, 0.05) is 18.5 Å². The zero-order valence-corrected chi connectivity index (χ0v) is 12.7. The van der Waals surface area contributed by atoms with Crippen LogP contribution in [0.1, 0.15) is 12.8 Å². The molecule has 1 heterocycles. The molecule has 3 N–H and O–H groups in total. The van der Waals surface area contributed by atoms with E-state index in [2.05, 4.69) is 25.3 Å². The molecule has 0 saturated carbocycles. The number of aromatic amines is 1. The Morgan fingerprint density at radius 3 is 2.82 bits per heavy atom. The second kappa shape index (κ2) is 6.81. The van der Waals surface area contributed by atoms with Crippen LogP contribution in [-0.4, -0.2) is 46.7 Å². The lowest BCUT2D eigenvalue weighted by Crippen LogP contribution is -2.25. The van der Waals surface area contributed by atoms with Crippen LogP contribution in [0.15, 0.2) is 23.1 Å². The molecule has 0 unspecified atom stereocenters. The van der Waals surface area contributed by atoms with Crippen LogP contribution in [0.4, 0.5) is 0 Å². The van der Waals surface area contributed by atoms with Gasteiger partial charge in [0.15, 0.2) is 0 Å². The molecule has 2 rings (SSSR count). The van der Waals surface area contributed by atoms with Crippen molar-refractivity contribution in [3.63, 3.8) is 0 Å². The van der Waals surface area contributed by atoms with Gasteiger partial charge in [-0.05, 0) is 29.8 Å². The maximum atomic E-state index is 12.1. The Morgan fingerprint density at radius 2 is 2.18 bits per heavy atom. The fourth-order valence-corrected chi connectivity index (χ4v) is 2.95. The van der Waals surface area contributed by atoms with Gasteiger partial charge in [0.1, 0.15) is 0 Å². The molecular formula is C11H12ClN5O4S. The third-order valence-electron chi connectivity index (χ3n) is 2.69. The SMILES string of the molecule is O=C(O)CCCNS(=O)(=O)c1ccc(Cl)c(-c2nn[nH]n2)c1. The molecule has 0 spiro atoms. The predicted molar refractivity (Wildman–Crippen MR) is 76.7 cm³/mol. The Morgan fingerprint density at radius 1 is 1.41 bits per heavy atom. The zero-order chi connectivity index (χ0) is 16.2. The van der Waals surface area contributed by atoms with Gasteiger partial charge in [-0.25, -0.2) is 13.1 Å². The molecule has 0 fully saturated rings. The summed E-state index contributed by atoms with van der Waals surface area (Å²) in [5, 5.41) is 22.0. The van der Waals surface area contributed by atoms with Gasteiger partial charge in [0.05, 0.1) is 9.92 Å². The van der Waals surface area contributed by atoms with Crippen molar-refractivity contribution in [2.75, 3.05) is 6.54 Å². The van der Waals surface area contributed by atoms with Crippen molar-refractivity contribution in [1.82, 2.24) is 25.3 Å². The molecule has 9 nitrogen and oxygen atoms in total. The summed E-state index contributed by atoms with van der Waals surface area (Å²) in [6.07, 6.45) is 0.0805. The molecule has 1 aromatic carbocycles. The van der Waals surface area contributed by atoms with Crippen LogP contribution in [0.25, 0.3) is 11.4 Å². The van der Waals surface area contributed by atoms with Crippen LogP contribution in [0.2, 0.25) is 5.02 Å². The number of nitrogens with zero attached hydrogens (tertiary/aromatic N) is 3. The third kappa shape index (κ3) is 4.00. The first-order valence-electron chi connectivity index (χ1n) is 6.15. The highest BCUT2D eigenvalue weighted by Crippen LogP contribution is 2.27. The van der Waals surface area contributed by atoms with E-state index in [0.29, 0.717) is 5.56 Å². The molecule has 0 bridgehead atoms. The number of carboxylic acids is 1. The van der Waals surface area contributed by atoms with Gasteiger partial charge in [-0.15, -0.1) is 10.2 Å². The fraction of sp³-hybridized carbons (Fsp3) is 0.273. The summed E-state index contributed by atoms with van der Waals surface area (Å²) in [5.74, 6) is -0.807. The summed E-state index contributed by atoms with van der Waals surface area (Å²) in [5.41, 5.74) is 0.323. The molecule has 118 valence electrons. The number of hydrogen-bond acceptors (Lipinski definition) is 6. The van der Waals surface area contributed by atoms with Gasteiger partial charge in [0.25, 0.3) is 0 Å². The van der Waals surface area contributed by atoms with Gasteiger partial charge in [-0.3, -0.25) is 4.79 Å². The highest BCUT2D eigenvalue weighted by Gasteiger charge is 2.17. The standard InChI is InChI=1S/C11H12ClN5O4S/c12-9-4-3-7(6-8(9)11-14-16-17-15-11)22(20,21)13-5-1-2-10(18)19/h3-4,6,13H,1-2,5H2,(H,18,19)(H,14,15,16,17). The van der Waals surface area contributed by atoms with Gasteiger partial charge in [-0.1, -0.05) is 11.6 Å². The number of hydrogen-bond donors (Lipinski definition) is 3. The van der Waals surface area contributed by atoms with Crippen molar-refractivity contribution >= 4 is 27.6 Å². The summed E-state index contributed by atoms with van der Waals surface area (Å²) in [6, 6.07) is 4.08. The number of sulfonamides is 1. The molecule has 2 aromatic rings. The van der Waals surface area contributed by atoms with E-state index in [-0.39, 0.29) is 35.1 Å². The van der Waals surface area contributed by atoms with Gasteiger partial charge >= 0.3 is 5.97 Å². The molecule has 0 aliphatic carbocycles. The summed E-state index contributed by atoms with van der Waals surface area (Å²) in [4.78, 5) is 10.4. The molecule has 0 amide bonds. The molecule has 22 heavy (non-hydrogen) atoms. The van der Waals surface area contributed by atoms with Crippen molar-refractivity contribution < 1.29 is 18.3 Å². The minimum Gasteiger partial charge on any atom is -0.481 e. The average Bonchev–Trinajstić information content (AvgIpc) is 2.97. The number of carboxylic acid groups (broad SMARTS) is 1. The Kier molecular flexibility index (Phi) is 5.06. The van der Waals surface area contributed by atoms with Crippen molar-refractivity contribution in [2.45, 2.75) is 17.7 Å². The Labute approximate surface area is 130 Å². The van der Waals surface area contributed by atoms with E-state index in [1.807, 2.05) is 0 Å². The number of carbonyl (C=O) groups is 1. The molecule has 0 saturated heterocycles. The Bertz CT molecular complexity index is 763. The van der Waals surface area contributed by atoms with E-state index >= 15 is 0 Å². The van der Waals surface area contributed by atoms with Crippen molar-refractivity contribution in [1.29, 1.82) is 0 Å². The van der Waals surface area contributed by atoms with E-state index in [9.17, 15) is 13.2 Å². The monoisotopic (exact) mass is 345 g/mol. The maximum absolute atomic E-state index is 12.1. The van der Waals surface area contributed by atoms with Crippen molar-refractivity contribution in [3.8, 4) is 11.4 Å². The molecule has 11 heteroatoms. The van der Waals surface area contributed by atoms with Crippen molar-refractivity contribution in [2.24, 2.45) is 0 Å². The first-order chi connectivity index (χ1) is 10.4. The number of nitrogens with one attached hydrogen (secondary N) is 2. The number of rotatable bonds is 7. The van der Waals surface area contributed by atoms with Crippen LogP contribution < -0.4 is 4.72 Å². The smallest absolute Gasteiger partial charge is 0.303 e. The fourth-order valence-electron chi connectivity index (χ4n) is 1.65. The third-order valence-corrected chi connectivity index (χ3v) is 4.48. The topological polar surface area (TPSA) is 138 Å². The molecular weight excluding hydrogens is 334 g/mol. The number of H-pyrrole nitrogens is 1. The van der Waals surface area contributed by atoms with Crippen LogP contribution in [0.5, 0.6) is 0 Å². The van der Waals surface area contributed by atoms with Crippen LogP contribution in [0.3, 0.4) is 0 Å². The minimum absolute atomic E-state index is 0.0213. The van der Waals surface area contributed by atoms with E-state index in [1.165, 1.54) is 18.2 Å². The number of halogens is 1. The normalized spacial score (nSPS) is 11.5. The minimum atomic E-state index is -3.78. The summed E-state index contributed by atoms with van der Waals surface area (Å²) < 4.78 is 26.6. The molecule has 0 atom stereocenters. The highest BCUT2D eigenvalue weighted by molar-refractivity contribution is 7.89. The van der Waals surface area contributed by atoms with Crippen LogP contribution in [-0.2, 0) is 14.8 Å². The lowest BCUT2D eigenvalue weighted by molar-refractivity contribution is -0.137. The van der Waals surface area contributed by atoms with Gasteiger partial charge < -0.3 is 5.11 Å². The van der Waals surface area contributed by atoms with Crippen molar-refractivity contribution in [3.05, 3.63) is 23.2 Å². The number of aromatic nitrogens is 4. The molecule has 0 aliphatic heterocycles. The number of benzene rings is 1. The summed E-state index contributed by atoms with van der Waals surface area (Å²) in [7, 11) is -3.78. The van der Waals surface area contributed by atoms with E-state index in [4.69, 9.17) is 16.7 Å². The number of tetrazole rings is 1. The van der Waals surface area contributed by atoms with Crippen LogP contribution >= 0.6 is 11.6 Å². The zero-order valence-electron chi connectivity index (χ0n) is 11.2. The summed E-state index contributed by atoms with van der Waals surface area (Å²) in [6.45, 7) is 0.0226. The molecule has 0 radical (unpaired) electrons. The lowest BCUT2D eigenvalue weighted by atomic mass is 10.2. The van der Waals surface area contributed by atoms with Gasteiger partial charge in [0.2, 0.25) is 15.8 Å². The maximum Gasteiger partial charge on any atom is 0.303 e. The Balaban J connectivity index is 2.17. The second-order valence-electron chi connectivity index (χ2n) is 4.27. The van der Waals surface area contributed by atoms with E-state index < -0.39 is 16.0 Å². The quantitative estimate of drug-likeness (QED) is 0.626. The first-order valence-corrected chi connectivity index (χ1v) is 8.01. The molecule has 1 aromatic heterocycles. The lowest BCUT2D eigenvalue weighted by Gasteiger charge is -2.08. The first kappa shape index (κ1) is 16.3. The van der Waals surface area contributed by atoms with E-state index in [0.717, 1.165) is 0 Å². The second-order valence-corrected chi connectivity index (χ2v) is 6.45. The average molecular weight is 346 g/mol. The predicted octanol–water partition coefficient (Wildman–Crippen LogP) is 0.663. The van der Waals surface area contributed by atoms with Gasteiger partial charge in [-0.2, -0.15) is 5.21 Å². The highest BCUT2D eigenvalue weighted by atomic mass is 35.5. The Hall–Kier alpha value is -2.04.